The molecule has 0 fully saturated rings. The van der Waals surface area contributed by atoms with E-state index in [1.165, 1.54) is 0 Å². The van der Waals surface area contributed by atoms with Crippen molar-refractivity contribution in [3.63, 3.8) is 0 Å². The highest BCUT2D eigenvalue weighted by atomic mass is 32.2. The number of hydrogen-bond acceptors (Lipinski definition) is 3. The molecule has 0 unspecified atom stereocenters. The lowest BCUT2D eigenvalue weighted by molar-refractivity contribution is -0.0327. The lowest BCUT2D eigenvalue weighted by Gasteiger charge is -2.06. The minimum Gasteiger partial charge on any atom is -0.310 e. The Morgan fingerprint density at radius 3 is 2.75 bits per heavy atom. The average molecular weight is 250 g/mol. The van der Waals surface area contributed by atoms with E-state index in [4.69, 9.17) is 0 Å². The fourth-order valence-corrected chi connectivity index (χ4v) is 1.63. The molecule has 1 heterocycles. The van der Waals surface area contributed by atoms with E-state index in [1.54, 1.807) is 0 Å². The summed E-state index contributed by atoms with van der Waals surface area (Å²) in [6.45, 7) is 2.70. The summed E-state index contributed by atoms with van der Waals surface area (Å²) in [7, 11) is 0. The molecule has 6 heteroatoms. The van der Waals surface area contributed by atoms with Crippen LogP contribution in [-0.4, -0.2) is 22.8 Å². The maximum atomic E-state index is 11.8. The smallest absolute Gasteiger partial charge is 0.310 e. The van der Waals surface area contributed by atoms with Crippen molar-refractivity contribution < 1.29 is 13.2 Å². The molecule has 0 aliphatic heterocycles. The van der Waals surface area contributed by atoms with Crippen LogP contribution in [-0.2, 0) is 6.54 Å². The van der Waals surface area contributed by atoms with Gasteiger partial charge in [-0.15, -0.1) is 0 Å². The van der Waals surface area contributed by atoms with Crippen molar-refractivity contribution in [3.05, 3.63) is 29.6 Å². The van der Waals surface area contributed by atoms with E-state index in [0.717, 1.165) is 11.4 Å². The first-order valence-electron chi connectivity index (χ1n) is 4.81. The third-order valence-electron chi connectivity index (χ3n) is 1.80. The van der Waals surface area contributed by atoms with Gasteiger partial charge < -0.3 is 5.32 Å². The van der Waals surface area contributed by atoms with Crippen molar-refractivity contribution >= 4 is 11.8 Å². The third-order valence-corrected chi connectivity index (χ3v) is 2.53. The molecule has 0 saturated heterocycles. The van der Waals surface area contributed by atoms with Crippen molar-refractivity contribution in [2.75, 3.05) is 12.3 Å². The van der Waals surface area contributed by atoms with Gasteiger partial charge in [0, 0.05) is 24.5 Å². The topological polar surface area (TPSA) is 24.9 Å². The molecule has 0 atom stereocenters. The van der Waals surface area contributed by atoms with Crippen LogP contribution < -0.4 is 5.32 Å². The number of nitrogens with one attached hydrogen (secondary N) is 1. The first-order valence-corrected chi connectivity index (χ1v) is 5.80. The highest BCUT2D eigenvalue weighted by Gasteiger charge is 2.27. The minimum absolute atomic E-state index is 0.0110. The maximum absolute atomic E-state index is 11.8. The fourth-order valence-electron chi connectivity index (χ4n) is 1.15. The Kier molecular flexibility index (Phi) is 5.08. The van der Waals surface area contributed by atoms with Crippen molar-refractivity contribution in [3.8, 4) is 0 Å². The predicted octanol–water partition coefficient (Wildman–Crippen LogP) is 2.73. The van der Waals surface area contributed by atoms with Crippen LogP contribution in [0.15, 0.2) is 18.2 Å². The summed E-state index contributed by atoms with van der Waals surface area (Å²) in [5, 5.41) is 2.92. The summed E-state index contributed by atoms with van der Waals surface area (Å²) in [5.41, 5.74) is -2.38. The molecule has 90 valence electrons. The van der Waals surface area contributed by atoms with Crippen LogP contribution in [0, 0.1) is 6.92 Å². The normalized spacial score (nSPS) is 11.8. The second kappa shape index (κ2) is 6.10. The van der Waals surface area contributed by atoms with Gasteiger partial charge in [0.1, 0.15) is 0 Å². The number of halogens is 3. The predicted molar refractivity (Wildman–Crippen MR) is 59.2 cm³/mol. The average Bonchev–Trinajstić information content (AvgIpc) is 2.15. The Balaban J connectivity index is 2.17. The van der Waals surface area contributed by atoms with Gasteiger partial charge in [0.15, 0.2) is 0 Å². The van der Waals surface area contributed by atoms with Crippen LogP contribution in [0.3, 0.4) is 0 Å². The SMILES string of the molecule is Cc1cccc(CNCCSC(F)(F)F)n1. The number of nitrogens with zero attached hydrogens (tertiary/aromatic N) is 1. The van der Waals surface area contributed by atoms with E-state index in [-0.39, 0.29) is 17.5 Å². The minimum atomic E-state index is -4.14. The molecule has 0 aliphatic carbocycles. The number of alkyl halides is 3. The van der Waals surface area contributed by atoms with E-state index in [2.05, 4.69) is 10.3 Å². The molecule has 1 N–H and O–H groups in total. The Bertz CT molecular complexity index is 328. The van der Waals surface area contributed by atoms with E-state index in [9.17, 15) is 13.2 Å². The summed E-state index contributed by atoms with van der Waals surface area (Å²) in [6.07, 6.45) is 0. The highest BCUT2D eigenvalue weighted by Crippen LogP contribution is 2.29. The number of aromatic nitrogens is 1. The molecule has 0 bridgehead atoms. The summed E-state index contributed by atoms with van der Waals surface area (Å²) >= 11 is -0.0110. The van der Waals surface area contributed by atoms with Crippen molar-refractivity contribution in [1.82, 2.24) is 10.3 Å². The summed E-state index contributed by atoms with van der Waals surface area (Å²) in [5.74, 6) is 0.0231. The number of thioether (sulfide) groups is 1. The fraction of sp³-hybridized carbons (Fsp3) is 0.500. The van der Waals surface area contributed by atoms with Gasteiger partial charge in [-0.3, -0.25) is 4.98 Å². The molecular weight excluding hydrogens is 237 g/mol. The van der Waals surface area contributed by atoms with Crippen LogP contribution >= 0.6 is 11.8 Å². The van der Waals surface area contributed by atoms with E-state index in [0.29, 0.717) is 13.1 Å². The molecule has 0 aliphatic rings. The molecule has 0 aromatic carbocycles. The van der Waals surface area contributed by atoms with Crippen molar-refractivity contribution in [2.45, 2.75) is 19.0 Å². The molecule has 16 heavy (non-hydrogen) atoms. The number of pyridine rings is 1. The Morgan fingerprint density at radius 2 is 2.12 bits per heavy atom. The zero-order valence-corrected chi connectivity index (χ0v) is 9.66. The first-order chi connectivity index (χ1) is 7.47. The second-order valence-corrected chi connectivity index (χ2v) is 4.40. The monoisotopic (exact) mass is 250 g/mol. The molecule has 1 aromatic rings. The Hall–Kier alpha value is -0.750. The van der Waals surface area contributed by atoms with E-state index in [1.807, 2.05) is 25.1 Å². The van der Waals surface area contributed by atoms with Crippen LogP contribution in [0.4, 0.5) is 13.2 Å². The third kappa shape index (κ3) is 5.97. The summed E-state index contributed by atoms with van der Waals surface area (Å²) < 4.78 is 35.3. The quantitative estimate of drug-likeness (QED) is 0.813. The zero-order valence-electron chi connectivity index (χ0n) is 8.84. The standard InChI is InChI=1S/C10H13F3N2S/c1-8-3-2-4-9(15-8)7-14-5-6-16-10(11,12)13/h2-4,14H,5-7H2,1H3. The van der Waals surface area contributed by atoms with Gasteiger partial charge in [0.2, 0.25) is 0 Å². The lowest BCUT2D eigenvalue weighted by atomic mass is 10.3. The van der Waals surface area contributed by atoms with Gasteiger partial charge in [0.05, 0.1) is 5.69 Å². The van der Waals surface area contributed by atoms with Crippen LogP contribution in [0.25, 0.3) is 0 Å². The number of rotatable bonds is 5. The van der Waals surface area contributed by atoms with Gasteiger partial charge in [-0.2, -0.15) is 13.2 Å². The van der Waals surface area contributed by atoms with Gasteiger partial charge in [-0.05, 0) is 30.8 Å². The van der Waals surface area contributed by atoms with Gasteiger partial charge >= 0.3 is 5.51 Å². The summed E-state index contributed by atoms with van der Waals surface area (Å²) in [6, 6.07) is 5.60. The van der Waals surface area contributed by atoms with Gasteiger partial charge in [-0.1, -0.05) is 6.07 Å². The molecule has 1 aromatic heterocycles. The number of hydrogen-bond donors (Lipinski definition) is 1. The van der Waals surface area contributed by atoms with Crippen molar-refractivity contribution in [2.24, 2.45) is 0 Å². The molecule has 0 spiro atoms. The maximum Gasteiger partial charge on any atom is 0.441 e. The second-order valence-electron chi connectivity index (χ2n) is 3.24. The van der Waals surface area contributed by atoms with E-state index < -0.39 is 5.51 Å². The zero-order chi connectivity index (χ0) is 12.0. The van der Waals surface area contributed by atoms with E-state index >= 15 is 0 Å². The number of aryl methyl sites for hydroxylation is 1. The van der Waals surface area contributed by atoms with Crippen LogP contribution in [0.2, 0.25) is 0 Å². The summed E-state index contributed by atoms with van der Waals surface area (Å²) in [4.78, 5) is 4.23. The highest BCUT2D eigenvalue weighted by molar-refractivity contribution is 8.00. The molecule has 1 rings (SSSR count). The van der Waals surface area contributed by atoms with Crippen LogP contribution in [0.5, 0.6) is 0 Å². The Morgan fingerprint density at radius 1 is 1.38 bits per heavy atom. The Labute approximate surface area is 96.6 Å². The largest absolute Gasteiger partial charge is 0.441 e. The van der Waals surface area contributed by atoms with Gasteiger partial charge in [-0.25, -0.2) is 0 Å². The molecular formula is C10H13F3N2S. The van der Waals surface area contributed by atoms with Crippen LogP contribution in [0.1, 0.15) is 11.4 Å². The first kappa shape index (κ1) is 13.3. The molecule has 0 saturated carbocycles. The van der Waals surface area contributed by atoms with Crippen molar-refractivity contribution in [1.29, 1.82) is 0 Å². The molecule has 0 amide bonds. The lowest BCUT2D eigenvalue weighted by Crippen LogP contribution is -2.19. The molecule has 2 nitrogen and oxygen atoms in total. The molecule has 0 radical (unpaired) electrons. The van der Waals surface area contributed by atoms with Gasteiger partial charge in [0.25, 0.3) is 0 Å².